The normalized spacial score (nSPS) is 10.5. The van der Waals surface area contributed by atoms with Crippen molar-refractivity contribution in [3.63, 3.8) is 0 Å². The minimum atomic E-state index is 0.523. The van der Waals surface area contributed by atoms with E-state index in [1.54, 1.807) is 7.11 Å². The molecule has 0 saturated heterocycles. The van der Waals surface area contributed by atoms with E-state index in [0.29, 0.717) is 19.8 Å². The van der Waals surface area contributed by atoms with Gasteiger partial charge in [-0.1, -0.05) is 33.6 Å². The number of hydrogen-bond donors (Lipinski definition) is 0. The summed E-state index contributed by atoms with van der Waals surface area (Å²) in [6.45, 7) is 1.71. The predicted octanol–water partition coefficient (Wildman–Crippen LogP) is 3.27. The van der Waals surface area contributed by atoms with E-state index >= 15 is 0 Å². The molecule has 0 unspecified atom stereocenters. The molecule has 0 spiro atoms. The van der Waals surface area contributed by atoms with Gasteiger partial charge in [0.25, 0.3) is 0 Å². The van der Waals surface area contributed by atoms with Crippen LogP contribution in [0.1, 0.15) is 5.56 Å². The molecular weight excluding hydrogens is 267 g/mol. The quantitative estimate of drug-likeness (QED) is 0.770. The van der Waals surface area contributed by atoms with Gasteiger partial charge in [0.05, 0.1) is 19.8 Å². The maximum Gasteiger partial charge on any atom is 0.0732 e. The molecule has 0 aliphatic carbocycles. The van der Waals surface area contributed by atoms with Crippen LogP contribution in [0.2, 0.25) is 5.02 Å². The topological polar surface area (TPSA) is 18.5 Å². The second-order valence-electron chi connectivity index (χ2n) is 2.78. The minimum Gasteiger partial charge on any atom is -0.382 e. The molecule has 0 N–H and O–H groups in total. The summed E-state index contributed by atoms with van der Waals surface area (Å²) < 4.78 is 11.2. The number of rotatable bonds is 5. The van der Waals surface area contributed by atoms with Crippen LogP contribution in [0.4, 0.5) is 0 Å². The second-order valence-corrected chi connectivity index (χ2v) is 4.10. The highest BCUT2D eigenvalue weighted by Gasteiger charge is 2.00. The third kappa shape index (κ3) is 3.96. The van der Waals surface area contributed by atoms with Crippen LogP contribution in [0.25, 0.3) is 0 Å². The molecule has 0 saturated carbocycles. The monoisotopic (exact) mass is 278 g/mol. The highest BCUT2D eigenvalue weighted by molar-refractivity contribution is 9.10. The van der Waals surface area contributed by atoms with Gasteiger partial charge in [0, 0.05) is 16.6 Å². The fourth-order valence-corrected chi connectivity index (χ4v) is 1.69. The van der Waals surface area contributed by atoms with Crippen LogP contribution in [0.5, 0.6) is 0 Å². The van der Waals surface area contributed by atoms with Gasteiger partial charge in [0.15, 0.2) is 0 Å². The molecule has 0 amide bonds. The van der Waals surface area contributed by atoms with Crippen LogP contribution in [0, 0.1) is 0 Å². The summed E-state index contributed by atoms with van der Waals surface area (Å²) >= 11 is 9.35. The molecule has 1 rings (SSSR count). The predicted molar refractivity (Wildman–Crippen MR) is 60.7 cm³/mol. The van der Waals surface area contributed by atoms with Gasteiger partial charge in [0.2, 0.25) is 0 Å². The lowest BCUT2D eigenvalue weighted by Crippen LogP contribution is -2.02. The molecule has 0 radical (unpaired) electrons. The van der Waals surface area contributed by atoms with Crippen LogP contribution in [-0.2, 0) is 16.1 Å². The molecule has 14 heavy (non-hydrogen) atoms. The Hall–Kier alpha value is -0.0900. The Kier molecular flexibility index (Phi) is 5.48. The molecule has 0 fully saturated rings. The van der Waals surface area contributed by atoms with Gasteiger partial charge in [-0.3, -0.25) is 0 Å². The van der Waals surface area contributed by atoms with E-state index in [1.165, 1.54) is 0 Å². The summed E-state index contributed by atoms with van der Waals surface area (Å²) in [6.07, 6.45) is 0. The lowest BCUT2D eigenvalue weighted by atomic mass is 10.2. The van der Waals surface area contributed by atoms with Crippen LogP contribution in [0.15, 0.2) is 22.7 Å². The van der Waals surface area contributed by atoms with E-state index in [2.05, 4.69) is 15.9 Å². The summed E-state index contributed by atoms with van der Waals surface area (Å²) in [5, 5.41) is 0.719. The van der Waals surface area contributed by atoms with E-state index in [-0.39, 0.29) is 0 Å². The van der Waals surface area contributed by atoms with Gasteiger partial charge in [-0.15, -0.1) is 0 Å². The molecule has 0 aliphatic heterocycles. The fraction of sp³-hybridized carbons (Fsp3) is 0.400. The van der Waals surface area contributed by atoms with Gasteiger partial charge in [-0.05, 0) is 17.7 Å². The molecule has 0 heterocycles. The number of halogens is 2. The molecule has 1 aromatic rings. The van der Waals surface area contributed by atoms with E-state index in [9.17, 15) is 0 Å². The van der Waals surface area contributed by atoms with Crippen molar-refractivity contribution in [2.75, 3.05) is 20.3 Å². The lowest BCUT2D eigenvalue weighted by Gasteiger charge is -2.05. The van der Waals surface area contributed by atoms with Crippen molar-refractivity contribution in [1.29, 1.82) is 0 Å². The third-order valence-electron chi connectivity index (χ3n) is 1.70. The summed E-state index contributed by atoms with van der Waals surface area (Å²) in [7, 11) is 1.65. The van der Waals surface area contributed by atoms with Gasteiger partial charge in [-0.25, -0.2) is 0 Å². The fourth-order valence-electron chi connectivity index (χ4n) is 0.963. The van der Waals surface area contributed by atoms with Crippen molar-refractivity contribution in [1.82, 2.24) is 0 Å². The Balaban J connectivity index is 2.42. The van der Waals surface area contributed by atoms with Crippen molar-refractivity contribution < 1.29 is 9.47 Å². The average Bonchev–Trinajstić information content (AvgIpc) is 2.15. The number of benzene rings is 1. The molecule has 0 aliphatic rings. The average molecular weight is 280 g/mol. The zero-order chi connectivity index (χ0) is 10.4. The second kappa shape index (κ2) is 6.40. The maximum absolute atomic E-state index is 6.00. The van der Waals surface area contributed by atoms with Crippen molar-refractivity contribution in [2.24, 2.45) is 0 Å². The summed E-state index contributed by atoms with van der Waals surface area (Å²) in [5.74, 6) is 0. The maximum atomic E-state index is 6.00. The van der Waals surface area contributed by atoms with Crippen LogP contribution in [0.3, 0.4) is 0 Å². The van der Waals surface area contributed by atoms with E-state index in [4.69, 9.17) is 21.1 Å². The van der Waals surface area contributed by atoms with E-state index in [0.717, 1.165) is 15.1 Å². The van der Waals surface area contributed by atoms with Crippen LogP contribution in [-0.4, -0.2) is 20.3 Å². The lowest BCUT2D eigenvalue weighted by molar-refractivity contribution is 0.0617. The smallest absolute Gasteiger partial charge is 0.0732 e. The Morgan fingerprint density at radius 2 is 2.14 bits per heavy atom. The summed E-state index contributed by atoms with van der Waals surface area (Å²) in [5.41, 5.74) is 0.992. The molecule has 0 bridgehead atoms. The first-order valence-corrected chi connectivity index (χ1v) is 5.41. The van der Waals surface area contributed by atoms with Crippen LogP contribution < -0.4 is 0 Å². The summed E-state index contributed by atoms with van der Waals surface area (Å²) in [6, 6.07) is 5.75. The highest BCUT2D eigenvalue weighted by Crippen LogP contribution is 2.21. The molecule has 78 valence electrons. The first-order chi connectivity index (χ1) is 6.74. The molecule has 1 aromatic carbocycles. The Bertz CT molecular complexity index is 291. The van der Waals surface area contributed by atoms with Gasteiger partial charge < -0.3 is 9.47 Å². The Labute approximate surface area is 97.3 Å². The number of methoxy groups -OCH3 is 1. The van der Waals surface area contributed by atoms with E-state index < -0.39 is 0 Å². The molecule has 4 heteroatoms. The first kappa shape index (κ1) is 12.0. The number of ether oxygens (including phenoxy) is 2. The van der Waals surface area contributed by atoms with Gasteiger partial charge >= 0.3 is 0 Å². The SMILES string of the molecule is COCCOCc1ccc(Br)cc1Cl. The minimum absolute atomic E-state index is 0.523. The van der Waals surface area contributed by atoms with Gasteiger partial charge in [-0.2, -0.15) is 0 Å². The van der Waals surface area contributed by atoms with E-state index in [1.807, 2.05) is 18.2 Å². The molecule has 2 nitrogen and oxygen atoms in total. The highest BCUT2D eigenvalue weighted by atomic mass is 79.9. The molecule has 0 atom stereocenters. The van der Waals surface area contributed by atoms with Crippen LogP contribution >= 0.6 is 27.5 Å². The molecule has 0 aromatic heterocycles. The standard InChI is InChI=1S/C10H12BrClO2/c1-13-4-5-14-7-8-2-3-9(11)6-10(8)12/h2-3,6H,4-5,7H2,1H3. The zero-order valence-electron chi connectivity index (χ0n) is 7.93. The van der Waals surface area contributed by atoms with Crippen molar-refractivity contribution in [3.8, 4) is 0 Å². The largest absolute Gasteiger partial charge is 0.382 e. The summed E-state index contributed by atoms with van der Waals surface area (Å²) in [4.78, 5) is 0. The Morgan fingerprint density at radius 1 is 1.36 bits per heavy atom. The zero-order valence-corrected chi connectivity index (χ0v) is 10.3. The molecular formula is C10H12BrClO2. The Morgan fingerprint density at radius 3 is 2.79 bits per heavy atom. The van der Waals surface area contributed by atoms with Crippen molar-refractivity contribution in [3.05, 3.63) is 33.3 Å². The number of hydrogen-bond acceptors (Lipinski definition) is 2. The first-order valence-electron chi connectivity index (χ1n) is 4.24. The van der Waals surface area contributed by atoms with Crippen molar-refractivity contribution in [2.45, 2.75) is 6.61 Å². The van der Waals surface area contributed by atoms with Gasteiger partial charge in [0.1, 0.15) is 0 Å². The van der Waals surface area contributed by atoms with Crippen molar-refractivity contribution >= 4 is 27.5 Å². The third-order valence-corrected chi connectivity index (χ3v) is 2.55.